The van der Waals surface area contributed by atoms with E-state index in [2.05, 4.69) is 0 Å². The fourth-order valence-corrected chi connectivity index (χ4v) is 1.92. The largest absolute Gasteiger partial charge is 0.320 e. The molecule has 2 rings (SSSR count). The first kappa shape index (κ1) is 9.21. The van der Waals surface area contributed by atoms with E-state index in [9.17, 15) is 4.79 Å². The number of anilines is 1. The summed E-state index contributed by atoms with van der Waals surface area (Å²) in [7, 11) is 0. The number of carbonyl (C=O) groups is 1. The second kappa shape index (κ2) is 3.42. The van der Waals surface area contributed by atoms with E-state index in [1.807, 2.05) is 31.2 Å². The van der Waals surface area contributed by atoms with E-state index in [-0.39, 0.29) is 11.9 Å². The Morgan fingerprint density at radius 2 is 2.21 bits per heavy atom. The van der Waals surface area contributed by atoms with Gasteiger partial charge in [0, 0.05) is 12.2 Å². The first-order valence-electron chi connectivity index (χ1n) is 4.89. The lowest BCUT2D eigenvalue weighted by Crippen LogP contribution is -2.48. The summed E-state index contributed by atoms with van der Waals surface area (Å²) in [6, 6.07) is 7.57. The maximum absolute atomic E-state index is 11.7. The highest BCUT2D eigenvalue weighted by molar-refractivity contribution is 6.00. The molecule has 3 nitrogen and oxygen atoms in total. The van der Waals surface area contributed by atoms with Crippen LogP contribution < -0.4 is 10.6 Å². The topological polar surface area (TPSA) is 46.3 Å². The number of hydrogen-bond donors (Lipinski definition) is 1. The first-order valence-corrected chi connectivity index (χ1v) is 4.89. The van der Waals surface area contributed by atoms with Crippen molar-refractivity contribution in [2.24, 2.45) is 5.73 Å². The molecule has 2 N–H and O–H groups in total. The molecule has 1 atom stereocenters. The summed E-state index contributed by atoms with van der Waals surface area (Å²) < 4.78 is 0. The number of fused-ring (bicyclic) bond motifs is 1. The van der Waals surface area contributed by atoms with E-state index in [1.165, 1.54) is 5.56 Å². The van der Waals surface area contributed by atoms with Crippen LogP contribution in [0.25, 0.3) is 0 Å². The van der Waals surface area contributed by atoms with Gasteiger partial charge in [-0.15, -0.1) is 0 Å². The quantitative estimate of drug-likeness (QED) is 0.716. The van der Waals surface area contributed by atoms with Crippen molar-refractivity contribution in [2.75, 3.05) is 11.4 Å². The van der Waals surface area contributed by atoms with Crippen molar-refractivity contribution in [3.63, 3.8) is 0 Å². The zero-order chi connectivity index (χ0) is 10.1. The number of hydrogen-bond acceptors (Lipinski definition) is 2. The molecule has 14 heavy (non-hydrogen) atoms. The lowest BCUT2D eigenvalue weighted by Gasteiger charge is -2.31. The standard InChI is InChI=1S/C11H14N2O/c1-2-13-10-6-4-3-5-8(10)7-9(12)11(13)14/h3-6,9H,2,7,12H2,1H3. The molecule has 1 unspecified atom stereocenters. The van der Waals surface area contributed by atoms with Gasteiger partial charge in [0.25, 0.3) is 0 Å². The van der Waals surface area contributed by atoms with Gasteiger partial charge in [-0.3, -0.25) is 4.79 Å². The van der Waals surface area contributed by atoms with Gasteiger partial charge in [-0.25, -0.2) is 0 Å². The van der Waals surface area contributed by atoms with Crippen LogP contribution in [0.1, 0.15) is 12.5 Å². The molecule has 0 bridgehead atoms. The van der Waals surface area contributed by atoms with Crippen molar-refractivity contribution in [2.45, 2.75) is 19.4 Å². The van der Waals surface area contributed by atoms with Crippen LogP contribution in [0.5, 0.6) is 0 Å². The predicted molar refractivity (Wildman–Crippen MR) is 56.1 cm³/mol. The molecule has 1 aliphatic rings. The van der Waals surface area contributed by atoms with Crippen LogP contribution >= 0.6 is 0 Å². The summed E-state index contributed by atoms with van der Waals surface area (Å²) in [6.45, 7) is 2.65. The SMILES string of the molecule is CCN1C(=O)C(N)Cc2ccccc21. The maximum atomic E-state index is 11.7. The van der Waals surface area contributed by atoms with E-state index < -0.39 is 0 Å². The zero-order valence-electron chi connectivity index (χ0n) is 8.23. The van der Waals surface area contributed by atoms with Gasteiger partial charge in [-0.05, 0) is 25.0 Å². The molecule has 0 radical (unpaired) electrons. The van der Waals surface area contributed by atoms with Gasteiger partial charge in [0.05, 0.1) is 6.04 Å². The van der Waals surface area contributed by atoms with Gasteiger partial charge >= 0.3 is 0 Å². The molecule has 74 valence electrons. The van der Waals surface area contributed by atoms with Crippen molar-refractivity contribution < 1.29 is 4.79 Å². The first-order chi connectivity index (χ1) is 6.74. The molecule has 1 heterocycles. The summed E-state index contributed by atoms with van der Waals surface area (Å²) in [4.78, 5) is 13.5. The Labute approximate surface area is 83.5 Å². The molecule has 0 aliphatic carbocycles. The Bertz CT molecular complexity index is 362. The molecule has 1 aromatic rings. The third kappa shape index (κ3) is 1.30. The number of nitrogens with two attached hydrogens (primary N) is 1. The van der Waals surface area contributed by atoms with Crippen molar-refractivity contribution in [3.05, 3.63) is 29.8 Å². The molecule has 1 amide bonds. The minimum Gasteiger partial charge on any atom is -0.320 e. The Hall–Kier alpha value is -1.35. The molecule has 1 aromatic carbocycles. The van der Waals surface area contributed by atoms with Gasteiger partial charge in [-0.2, -0.15) is 0 Å². The molecule has 3 heteroatoms. The zero-order valence-corrected chi connectivity index (χ0v) is 8.23. The summed E-state index contributed by atoms with van der Waals surface area (Å²) >= 11 is 0. The average Bonchev–Trinajstić information content (AvgIpc) is 2.20. The van der Waals surface area contributed by atoms with Crippen LogP contribution in [0.15, 0.2) is 24.3 Å². The number of likely N-dealkylation sites (N-methyl/N-ethyl adjacent to an activating group) is 1. The van der Waals surface area contributed by atoms with Crippen LogP contribution in [0.3, 0.4) is 0 Å². The number of carbonyl (C=O) groups excluding carboxylic acids is 1. The van der Waals surface area contributed by atoms with E-state index in [1.54, 1.807) is 4.90 Å². The van der Waals surface area contributed by atoms with Crippen molar-refractivity contribution in [1.82, 2.24) is 0 Å². The number of nitrogens with zero attached hydrogens (tertiary/aromatic N) is 1. The van der Waals surface area contributed by atoms with Crippen molar-refractivity contribution in [3.8, 4) is 0 Å². The van der Waals surface area contributed by atoms with E-state index >= 15 is 0 Å². The Morgan fingerprint density at radius 3 is 2.93 bits per heavy atom. The third-order valence-electron chi connectivity index (χ3n) is 2.62. The van der Waals surface area contributed by atoms with Gasteiger partial charge in [0.1, 0.15) is 0 Å². The lowest BCUT2D eigenvalue weighted by atomic mass is 9.98. The molecule has 0 saturated heterocycles. The monoisotopic (exact) mass is 190 g/mol. The fraction of sp³-hybridized carbons (Fsp3) is 0.364. The molecule has 0 saturated carbocycles. The van der Waals surface area contributed by atoms with E-state index in [0.29, 0.717) is 13.0 Å². The third-order valence-corrected chi connectivity index (χ3v) is 2.62. The lowest BCUT2D eigenvalue weighted by molar-refractivity contribution is -0.120. The summed E-state index contributed by atoms with van der Waals surface area (Å²) in [6.07, 6.45) is 0.658. The van der Waals surface area contributed by atoms with E-state index in [4.69, 9.17) is 5.73 Å². The second-order valence-electron chi connectivity index (χ2n) is 3.52. The van der Waals surface area contributed by atoms with Gasteiger partial charge in [0.2, 0.25) is 5.91 Å². The number of benzene rings is 1. The van der Waals surface area contributed by atoms with Crippen LogP contribution in [0.4, 0.5) is 5.69 Å². The number of para-hydroxylation sites is 1. The van der Waals surface area contributed by atoms with Crippen molar-refractivity contribution in [1.29, 1.82) is 0 Å². The minimum absolute atomic E-state index is 0.0335. The average molecular weight is 190 g/mol. The number of rotatable bonds is 1. The molecule has 0 spiro atoms. The maximum Gasteiger partial charge on any atom is 0.244 e. The van der Waals surface area contributed by atoms with Gasteiger partial charge < -0.3 is 10.6 Å². The van der Waals surface area contributed by atoms with Gasteiger partial charge in [-0.1, -0.05) is 18.2 Å². The Balaban J connectivity index is 2.47. The van der Waals surface area contributed by atoms with Crippen LogP contribution in [0, 0.1) is 0 Å². The summed E-state index contributed by atoms with van der Waals surface area (Å²) in [5.41, 5.74) is 7.95. The fourth-order valence-electron chi connectivity index (χ4n) is 1.92. The summed E-state index contributed by atoms with van der Waals surface area (Å²) in [5, 5.41) is 0. The van der Waals surface area contributed by atoms with Crippen LogP contribution in [0.2, 0.25) is 0 Å². The molecule has 0 aromatic heterocycles. The Morgan fingerprint density at radius 1 is 1.50 bits per heavy atom. The Kier molecular flexibility index (Phi) is 2.25. The highest BCUT2D eigenvalue weighted by Gasteiger charge is 2.28. The molecule has 1 aliphatic heterocycles. The number of amides is 1. The molecular formula is C11H14N2O. The highest BCUT2D eigenvalue weighted by Crippen LogP contribution is 2.26. The van der Waals surface area contributed by atoms with Crippen LogP contribution in [-0.4, -0.2) is 18.5 Å². The predicted octanol–water partition coefficient (Wildman–Crippen LogP) is 0.923. The molecular weight excluding hydrogens is 176 g/mol. The summed E-state index contributed by atoms with van der Waals surface area (Å²) in [5.74, 6) is 0.0335. The van der Waals surface area contributed by atoms with Crippen LogP contribution in [-0.2, 0) is 11.2 Å². The highest BCUT2D eigenvalue weighted by atomic mass is 16.2. The smallest absolute Gasteiger partial charge is 0.244 e. The van der Waals surface area contributed by atoms with E-state index in [0.717, 1.165) is 5.69 Å². The minimum atomic E-state index is -0.371. The molecule has 0 fully saturated rings. The second-order valence-corrected chi connectivity index (χ2v) is 3.52. The van der Waals surface area contributed by atoms with Gasteiger partial charge in [0.15, 0.2) is 0 Å². The normalized spacial score (nSPS) is 20.9. The van der Waals surface area contributed by atoms with Crippen molar-refractivity contribution >= 4 is 11.6 Å².